The van der Waals surface area contributed by atoms with Crippen molar-refractivity contribution in [3.05, 3.63) is 36.4 Å². The van der Waals surface area contributed by atoms with Crippen LogP contribution in [0.5, 0.6) is 0 Å². The molecule has 0 fully saturated rings. The lowest BCUT2D eigenvalue weighted by atomic mass is 10.3. The molecule has 2 heterocycles. The van der Waals surface area contributed by atoms with Crippen molar-refractivity contribution in [2.24, 2.45) is 0 Å². The number of aromatic nitrogens is 4. The van der Waals surface area contributed by atoms with Gasteiger partial charge in [-0.3, -0.25) is 0 Å². The number of nitrogens with one attached hydrogen (secondary N) is 1. The van der Waals surface area contributed by atoms with Gasteiger partial charge in [0.15, 0.2) is 17.3 Å². The molecule has 0 aliphatic heterocycles. The second-order valence-electron chi connectivity index (χ2n) is 3.66. The largest absolute Gasteiger partial charge is 0.398 e. The van der Waals surface area contributed by atoms with E-state index in [1.807, 2.05) is 0 Å². The normalized spacial score (nSPS) is 11.1. The predicted molar refractivity (Wildman–Crippen MR) is 66.6 cm³/mol. The molecule has 3 aromatic rings. The first-order chi connectivity index (χ1) is 9.16. The standard InChI is InChI=1S/C11H7F2N5S/c12-5-1-2-6(14)9(7(5)13)19-11-8-10(16-3-15-8)17-4-18-11/h1-4H,14H2,(H,15,16,17,18). The highest BCUT2D eigenvalue weighted by Crippen LogP contribution is 2.36. The van der Waals surface area contributed by atoms with Crippen LogP contribution in [-0.4, -0.2) is 19.9 Å². The Bertz CT molecular complexity index is 758. The summed E-state index contributed by atoms with van der Waals surface area (Å²) in [4.78, 5) is 14.8. The summed E-state index contributed by atoms with van der Waals surface area (Å²) in [5.74, 6) is -1.94. The second kappa shape index (κ2) is 4.47. The van der Waals surface area contributed by atoms with E-state index in [0.29, 0.717) is 16.2 Å². The molecular formula is C11H7F2N5S. The zero-order chi connectivity index (χ0) is 13.4. The van der Waals surface area contributed by atoms with Gasteiger partial charge in [-0.2, -0.15) is 0 Å². The zero-order valence-corrected chi connectivity index (χ0v) is 10.2. The third kappa shape index (κ3) is 1.99. The van der Waals surface area contributed by atoms with Crippen molar-refractivity contribution < 1.29 is 8.78 Å². The molecule has 0 amide bonds. The minimum Gasteiger partial charge on any atom is -0.398 e. The molecule has 5 nitrogen and oxygen atoms in total. The summed E-state index contributed by atoms with van der Waals surface area (Å²) < 4.78 is 26.9. The van der Waals surface area contributed by atoms with Gasteiger partial charge in [0, 0.05) is 5.69 Å². The number of fused-ring (bicyclic) bond motifs is 1. The molecular weight excluding hydrogens is 272 g/mol. The van der Waals surface area contributed by atoms with E-state index in [9.17, 15) is 8.78 Å². The van der Waals surface area contributed by atoms with Gasteiger partial charge in [-0.05, 0) is 12.1 Å². The van der Waals surface area contributed by atoms with Crippen molar-refractivity contribution in [2.75, 3.05) is 5.73 Å². The second-order valence-corrected chi connectivity index (χ2v) is 4.66. The lowest BCUT2D eigenvalue weighted by molar-refractivity contribution is 0.492. The number of nitrogen functional groups attached to an aromatic ring is 1. The summed E-state index contributed by atoms with van der Waals surface area (Å²) in [6, 6.07) is 2.30. The molecule has 0 bridgehead atoms. The Morgan fingerprint density at radius 3 is 2.84 bits per heavy atom. The highest BCUT2D eigenvalue weighted by Gasteiger charge is 2.16. The van der Waals surface area contributed by atoms with Crippen LogP contribution in [0, 0.1) is 11.6 Å². The Hall–Kier alpha value is -2.22. The van der Waals surface area contributed by atoms with Gasteiger partial charge >= 0.3 is 0 Å². The molecule has 8 heteroatoms. The highest BCUT2D eigenvalue weighted by molar-refractivity contribution is 7.99. The Kier molecular flexibility index (Phi) is 2.79. The molecule has 96 valence electrons. The summed E-state index contributed by atoms with van der Waals surface area (Å²) in [6.07, 6.45) is 2.76. The smallest absolute Gasteiger partial charge is 0.181 e. The minimum atomic E-state index is -0.990. The number of hydrogen-bond donors (Lipinski definition) is 2. The molecule has 0 radical (unpaired) electrons. The summed E-state index contributed by atoms with van der Waals surface area (Å²) in [7, 11) is 0. The predicted octanol–water partition coefficient (Wildman–Crippen LogP) is 2.36. The van der Waals surface area contributed by atoms with Crippen molar-refractivity contribution in [1.82, 2.24) is 19.9 Å². The number of aromatic amines is 1. The summed E-state index contributed by atoms with van der Waals surface area (Å²) in [5, 5.41) is 0.429. The quantitative estimate of drug-likeness (QED) is 0.556. The number of nitrogens with two attached hydrogens (primary N) is 1. The van der Waals surface area contributed by atoms with E-state index in [-0.39, 0.29) is 10.6 Å². The molecule has 0 unspecified atom stereocenters. The lowest BCUT2D eigenvalue weighted by Crippen LogP contribution is -1.96. The van der Waals surface area contributed by atoms with E-state index >= 15 is 0 Å². The van der Waals surface area contributed by atoms with Gasteiger partial charge in [0.1, 0.15) is 16.9 Å². The van der Waals surface area contributed by atoms with Crippen molar-refractivity contribution in [2.45, 2.75) is 9.92 Å². The maximum Gasteiger partial charge on any atom is 0.181 e. The maximum absolute atomic E-state index is 13.7. The van der Waals surface area contributed by atoms with Crippen molar-refractivity contribution in [3.8, 4) is 0 Å². The molecule has 19 heavy (non-hydrogen) atoms. The molecule has 0 spiro atoms. The Morgan fingerprint density at radius 2 is 2.00 bits per heavy atom. The third-order valence-corrected chi connectivity index (χ3v) is 3.59. The fraction of sp³-hybridized carbons (Fsp3) is 0. The van der Waals surface area contributed by atoms with Crippen LogP contribution in [-0.2, 0) is 0 Å². The van der Waals surface area contributed by atoms with Gasteiger partial charge in [0.2, 0.25) is 0 Å². The van der Waals surface area contributed by atoms with Gasteiger partial charge in [-0.1, -0.05) is 11.8 Å². The number of halogens is 2. The molecule has 0 saturated carbocycles. The molecule has 0 saturated heterocycles. The number of H-pyrrole nitrogens is 1. The van der Waals surface area contributed by atoms with Crippen LogP contribution in [0.15, 0.2) is 34.7 Å². The van der Waals surface area contributed by atoms with Gasteiger partial charge in [-0.25, -0.2) is 23.7 Å². The molecule has 2 aromatic heterocycles. The average molecular weight is 279 g/mol. The first kappa shape index (κ1) is 11.8. The van der Waals surface area contributed by atoms with Gasteiger partial charge < -0.3 is 10.7 Å². The summed E-state index contributed by atoms with van der Waals surface area (Å²) in [6.45, 7) is 0. The Morgan fingerprint density at radius 1 is 1.16 bits per heavy atom. The molecule has 3 N–H and O–H groups in total. The lowest BCUT2D eigenvalue weighted by Gasteiger charge is -2.06. The SMILES string of the molecule is Nc1ccc(F)c(F)c1Sc1ncnc2nc[nH]c12. The third-order valence-electron chi connectivity index (χ3n) is 2.47. The van der Waals surface area contributed by atoms with Crippen LogP contribution in [0.25, 0.3) is 11.2 Å². The van der Waals surface area contributed by atoms with Crippen molar-refractivity contribution in [3.63, 3.8) is 0 Å². The zero-order valence-electron chi connectivity index (χ0n) is 9.39. The topological polar surface area (TPSA) is 80.5 Å². The fourth-order valence-corrected chi connectivity index (χ4v) is 2.49. The van der Waals surface area contributed by atoms with E-state index in [1.165, 1.54) is 18.7 Å². The molecule has 0 aliphatic rings. The van der Waals surface area contributed by atoms with Crippen molar-refractivity contribution >= 4 is 28.6 Å². The molecule has 0 atom stereocenters. The fourth-order valence-electron chi connectivity index (χ4n) is 1.57. The Labute approximate surface area is 110 Å². The number of hydrogen-bond acceptors (Lipinski definition) is 5. The van der Waals surface area contributed by atoms with Gasteiger partial charge in [0.05, 0.1) is 11.2 Å². The van der Waals surface area contributed by atoms with Gasteiger partial charge in [-0.15, -0.1) is 0 Å². The van der Waals surface area contributed by atoms with E-state index in [0.717, 1.165) is 17.8 Å². The minimum absolute atomic E-state index is 0.00500. The highest BCUT2D eigenvalue weighted by atomic mass is 32.2. The van der Waals surface area contributed by atoms with Crippen LogP contribution >= 0.6 is 11.8 Å². The number of nitrogens with zero attached hydrogens (tertiary/aromatic N) is 3. The van der Waals surface area contributed by atoms with Crippen molar-refractivity contribution in [1.29, 1.82) is 0 Å². The number of benzene rings is 1. The van der Waals surface area contributed by atoms with E-state index in [4.69, 9.17) is 5.73 Å². The number of rotatable bonds is 2. The monoisotopic (exact) mass is 279 g/mol. The van der Waals surface area contributed by atoms with E-state index < -0.39 is 11.6 Å². The first-order valence-corrected chi connectivity index (χ1v) is 6.04. The maximum atomic E-state index is 13.7. The number of imidazole rings is 1. The molecule has 3 rings (SSSR count). The van der Waals surface area contributed by atoms with Gasteiger partial charge in [0.25, 0.3) is 0 Å². The van der Waals surface area contributed by atoms with Crippen LogP contribution in [0.2, 0.25) is 0 Å². The molecule has 0 aliphatic carbocycles. The molecule has 1 aromatic carbocycles. The van der Waals surface area contributed by atoms with Crippen LogP contribution in [0.4, 0.5) is 14.5 Å². The number of anilines is 1. The van der Waals surface area contributed by atoms with E-state index in [1.54, 1.807) is 0 Å². The average Bonchev–Trinajstić information content (AvgIpc) is 2.88. The van der Waals surface area contributed by atoms with Crippen LogP contribution in [0.1, 0.15) is 0 Å². The van der Waals surface area contributed by atoms with Crippen LogP contribution < -0.4 is 5.73 Å². The van der Waals surface area contributed by atoms with E-state index in [2.05, 4.69) is 19.9 Å². The van der Waals surface area contributed by atoms with Crippen LogP contribution in [0.3, 0.4) is 0 Å². The summed E-state index contributed by atoms with van der Waals surface area (Å²) in [5.41, 5.74) is 6.81. The Balaban J connectivity index is 2.11. The first-order valence-electron chi connectivity index (χ1n) is 5.22. The summed E-state index contributed by atoms with van der Waals surface area (Å²) >= 11 is 0.927.